The summed E-state index contributed by atoms with van der Waals surface area (Å²) in [6.45, 7) is 5.26. The first-order valence-corrected chi connectivity index (χ1v) is 8.26. The number of halogens is 1. The number of methoxy groups -OCH3 is 1. The second-order valence-electron chi connectivity index (χ2n) is 6.71. The van der Waals surface area contributed by atoms with Crippen LogP contribution in [0.15, 0.2) is 24.3 Å². The molecule has 0 amide bonds. The second-order valence-corrected chi connectivity index (χ2v) is 6.71. The normalized spacial score (nSPS) is 25.5. The fourth-order valence-corrected chi connectivity index (χ4v) is 3.99. The summed E-state index contributed by atoms with van der Waals surface area (Å²) >= 11 is 0. The van der Waals surface area contributed by atoms with E-state index in [4.69, 9.17) is 9.47 Å². The van der Waals surface area contributed by atoms with Crippen LogP contribution in [0.5, 0.6) is 0 Å². The molecule has 0 aliphatic carbocycles. The molecule has 4 heteroatoms. The number of piperidine rings is 1. The molecule has 0 aromatic heterocycles. The SMILES string of the molecule is COC[C@@H]1COCCC12CCN(Cc1ccccc1F)CC2. The van der Waals surface area contributed by atoms with Crippen LogP contribution in [-0.4, -0.2) is 44.9 Å². The van der Waals surface area contributed by atoms with Gasteiger partial charge >= 0.3 is 0 Å². The summed E-state index contributed by atoms with van der Waals surface area (Å²) in [6, 6.07) is 7.11. The number of benzene rings is 1. The lowest BCUT2D eigenvalue weighted by molar-refractivity contribution is -0.0951. The maximum atomic E-state index is 13.8. The second kappa shape index (κ2) is 7.07. The van der Waals surface area contributed by atoms with E-state index in [0.717, 1.165) is 44.9 Å². The first-order valence-electron chi connectivity index (χ1n) is 8.26. The van der Waals surface area contributed by atoms with Gasteiger partial charge in [-0.3, -0.25) is 4.90 Å². The van der Waals surface area contributed by atoms with Gasteiger partial charge in [0.1, 0.15) is 5.82 Å². The minimum atomic E-state index is -0.0916. The van der Waals surface area contributed by atoms with Gasteiger partial charge in [-0.1, -0.05) is 18.2 Å². The van der Waals surface area contributed by atoms with Crippen LogP contribution in [0.1, 0.15) is 24.8 Å². The third kappa shape index (κ3) is 3.34. The van der Waals surface area contributed by atoms with Crippen LogP contribution in [0.4, 0.5) is 4.39 Å². The van der Waals surface area contributed by atoms with Crippen molar-refractivity contribution in [2.45, 2.75) is 25.8 Å². The molecule has 0 radical (unpaired) electrons. The zero-order valence-electron chi connectivity index (χ0n) is 13.4. The largest absolute Gasteiger partial charge is 0.384 e. The van der Waals surface area contributed by atoms with Gasteiger partial charge in [-0.2, -0.15) is 0 Å². The fraction of sp³-hybridized carbons (Fsp3) is 0.667. The predicted octanol–water partition coefficient (Wildman–Crippen LogP) is 3.09. The van der Waals surface area contributed by atoms with Crippen LogP contribution in [-0.2, 0) is 16.0 Å². The number of rotatable bonds is 4. The van der Waals surface area contributed by atoms with Crippen LogP contribution >= 0.6 is 0 Å². The van der Waals surface area contributed by atoms with Gasteiger partial charge in [0, 0.05) is 31.7 Å². The monoisotopic (exact) mass is 307 g/mol. The van der Waals surface area contributed by atoms with Crippen molar-refractivity contribution in [3.05, 3.63) is 35.6 Å². The fourth-order valence-electron chi connectivity index (χ4n) is 3.99. The molecule has 0 bridgehead atoms. The lowest BCUT2D eigenvalue weighted by Crippen LogP contribution is -2.49. The molecule has 22 heavy (non-hydrogen) atoms. The van der Waals surface area contributed by atoms with Crippen molar-refractivity contribution in [3.8, 4) is 0 Å². The van der Waals surface area contributed by atoms with Crippen molar-refractivity contribution >= 4 is 0 Å². The summed E-state index contributed by atoms with van der Waals surface area (Å²) in [6.07, 6.45) is 3.46. The Labute approximate surface area is 132 Å². The van der Waals surface area contributed by atoms with Crippen LogP contribution in [0.2, 0.25) is 0 Å². The predicted molar refractivity (Wildman–Crippen MR) is 84.1 cm³/mol. The molecule has 0 N–H and O–H groups in total. The number of nitrogens with zero attached hydrogens (tertiary/aromatic N) is 1. The van der Waals surface area contributed by atoms with E-state index in [1.54, 1.807) is 19.2 Å². The molecule has 122 valence electrons. The molecular formula is C18H26FNO2. The summed E-state index contributed by atoms with van der Waals surface area (Å²) in [5.74, 6) is 0.410. The standard InChI is InChI=1S/C18H26FNO2/c1-21-13-16-14-22-11-8-18(16)6-9-20(10-7-18)12-15-4-2-3-5-17(15)19/h2-5,16H,6-14H2,1H3/t16-/m1/s1. The van der Waals surface area contributed by atoms with Crippen molar-refractivity contribution in [1.82, 2.24) is 4.90 Å². The lowest BCUT2D eigenvalue weighted by Gasteiger charge is -2.49. The zero-order valence-corrected chi connectivity index (χ0v) is 13.4. The smallest absolute Gasteiger partial charge is 0.127 e. The quantitative estimate of drug-likeness (QED) is 0.853. The van der Waals surface area contributed by atoms with Crippen LogP contribution < -0.4 is 0 Å². The number of hydrogen-bond acceptors (Lipinski definition) is 3. The number of ether oxygens (including phenoxy) is 2. The maximum Gasteiger partial charge on any atom is 0.127 e. The van der Waals surface area contributed by atoms with Crippen molar-refractivity contribution in [1.29, 1.82) is 0 Å². The highest BCUT2D eigenvalue weighted by Gasteiger charge is 2.43. The third-order valence-corrected chi connectivity index (χ3v) is 5.50. The van der Waals surface area contributed by atoms with E-state index in [2.05, 4.69) is 4.90 Å². The van der Waals surface area contributed by atoms with Crippen molar-refractivity contribution in [2.75, 3.05) is 40.0 Å². The van der Waals surface area contributed by atoms with Crippen LogP contribution in [0, 0.1) is 17.2 Å². The van der Waals surface area contributed by atoms with Crippen molar-refractivity contribution in [3.63, 3.8) is 0 Å². The Morgan fingerprint density at radius 3 is 2.77 bits per heavy atom. The summed E-state index contributed by atoms with van der Waals surface area (Å²) in [4.78, 5) is 2.38. The molecule has 0 unspecified atom stereocenters. The Morgan fingerprint density at radius 2 is 2.05 bits per heavy atom. The summed E-state index contributed by atoms with van der Waals surface area (Å²) < 4.78 is 24.9. The average Bonchev–Trinajstić information content (AvgIpc) is 2.54. The van der Waals surface area contributed by atoms with Gasteiger partial charge in [-0.05, 0) is 43.8 Å². The number of hydrogen-bond donors (Lipinski definition) is 0. The van der Waals surface area contributed by atoms with Gasteiger partial charge in [0.2, 0.25) is 0 Å². The van der Waals surface area contributed by atoms with Gasteiger partial charge in [-0.15, -0.1) is 0 Å². The highest BCUT2D eigenvalue weighted by atomic mass is 19.1. The highest BCUT2D eigenvalue weighted by Crippen LogP contribution is 2.44. The molecular weight excluding hydrogens is 281 g/mol. The molecule has 2 heterocycles. The van der Waals surface area contributed by atoms with E-state index in [-0.39, 0.29) is 5.82 Å². The molecule has 3 rings (SSSR count). The van der Waals surface area contributed by atoms with Crippen molar-refractivity contribution in [2.24, 2.45) is 11.3 Å². The zero-order chi connectivity index (χ0) is 15.4. The molecule has 1 atom stereocenters. The first-order chi connectivity index (χ1) is 10.7. The Balaban J connectivity index is 1.60. The minimum absolute atomic E-state index is 0.0916. The average molecular weight is 307 g/mol. The Kier molecular flexibility index (Phi) is 5.11. The maximum absolute atomic E-state index is 13.8. The Morgan fingerprint density at radius 1 is 1.27 bits per heavy atom. The van der Waals surface area contributed by atoms with Gasteiger partial charge in [0.25, 0.3) is 0 Å². The molecule has 1 aromatic carbocycles. The molecule has 3 nitrogen and oxygen atoms in total. The summed E-state index contributed by atoms with van der Waals surface area (Å²) in [7, 11) is 1.77. The Hall–Kier alpha value is -0.970. The van der Waals surface area contributed by atoms with E-state index in [1.165, 1.54) is 12.8 Å². The van der Waals surface area contributed by atoms with E-state index >= 15 is 0 Å². The van der Waals surface area contributed by atoms with E-state index < -0.39 is 0 Å². The van der Waals surface area contributed by atoms with Gasteiger partial charge in [0.15, 0.2) is 0 Å². The molecule has 2 saturated heterocycles. The van der Waals surface area contributed by atoms with E-state index in [1.807, 2.05) is 12.1 Å². The van der Waals surface area contributed by atoms with Gasteiger partial charge in [-0.25, -0.2) is 4.39 Å². The molecule has 0 saturated carbocycles. The van der Waals surface area contributed by atoms with Crippen molar-refractivity contribution < 1.29 is 13.9 Å². The Bertz CT molecular complexity index is 484. The summed E-state index contributed by atoms with van der Waals surface area (Å²) in [5.41, 5.74) is 1.17. The van der Waals surface area contributed by atoms with E-state index in [0.29, 0.717) is 17.9 Å². The van der Waals surface area contributed by atoms with Crippen LogP contribution in [0.3, 0.4) is 0 Å². The van der Waals surface area contributed by atoms with E-state index in [9.17, 15) is 4.39 Å². The lowest BCUT2D eigenvalue weighted by atomic mass is 9.66. The highest BCUT2D eigenvalue weighted by molar-refractivity contribution is 5.17. The van der Waals surface area contributed by atoms with Gasteiger partial charge in [0.05, 0.1) is 13.2 Å². The molecule has 2 aliphatic rings. The third-order valence-electron chi connectivity index (χ3n) is 5.50. The molecule has 1 spiro atoms. The minimum Gasteiger partial charge on any atom is -0.384 e. The topological polar surface area (TPSA) is 21.7 Å². The molecule has 2 aliphatic heterocycles. The summed E-state index contributed by atoms with van der Waals surface area (Å²) in [5, 5.41) is 0. The van der Waals surface area contributed by atoms with Gasteiger partial charge < -0.3 is 9.47 Å². The number of likely N-dealkylation sites (tertiary alicyclic amines) is 1. The first kappa shape index (κ1) is 15.9. The molecule has 2 fully saturated rings. The molecule has 1 aromatic rings. The van der Waals surface area contributed by atoms with Crippen LogP contribution in [0.25, 0.3) is 0 Å².